The zero-order valence-corrected chi connectivity index (χ0v) is 13.7. The summed E-state index contributed by atoms with van der Waals surface area (Å²) in [6, 6.07) is 7.13. The lowest BCUT2D eigenvalue weighted by atomic mass is 10.2. The van der Waals surface area contributed by atoms with E-state index in [-0.39, 0.29) is 5.91 Å². The van der Waals surface area contributed by atoms with E-state index in [1.807, 2.05) is 6.07 Å². The molecule has 3 rings (SSSR count). The zero-order valence-electron chi connectivity index (χ0n) is 13.0. The molecule has 0 spiro atoms. The van der Waals surface area contributed by atoms with E-state index in [4.69, 9.17) is 11.6 Å². The Balaban J connectivity index is 1.79. The van der Waals surface area contributed by atoms with Crippen molar-refractivity contribution in [2.75, 3.05) is 16.0 Å². The van der Waals surface area contributed by atoms with Gasteiger partial charge in [0.1, 0.15) is 5.02 Å². The van der Waals surface area contributed by atoms with Gasteiger partial charge in [0.25, 0.3) is 0 Å². The number of hydrogen-bond donors (Lipinski definition) is 4. The molecular weight excluding hydrogens is 342 g/mol. The molecule has 9 heteroatoms. The highest BCUT2D eigenvalue weighted by Gasteiger charge is 2.07. The van der Waals surface area contributed by atoms with E-state index in [2.05, 4.69) is 42.7 Å². The van der Waals surface area contributed by atoms with Gasteiger partial charge < -0.3 is 16.0 Å². The lowest BCUT2D eigenvalue weighted by molar-refractivity contribution is -0.111. The van der Waals surface area contributed by atoms with Crippen LogP contribution in [0.1, 0.15) is 0 Å². The maximum Gasteiger partial charge on any atom is 0.247 e. The molecule has 0 aliphatic rings. The molecule has 0 unspecified atom stereocenters. The number of carbonyl (C=O) groups is 1. The van der Waals surface area contributed by atoms with E-state index in [1.54, 1.807) is 30.6 Å². The molecule has 8 nitrogen and oxygen atoms in total. The first kappa shape index (κ1) is 16.5. The predicted octanol–water partition coefficient (Wildman–Crippen LogP) is 3.46. The summed E-state index contributed by atoms with van der Waals surface area (Å²) in [5, 5.41) is 15.7. The first-order chi connectivity index (χ1) is 12.1. The van der Waals surface area contributed by atoms with Crippen LogP contribution in [0.5, 0.6) is 0 Å². The van der Waals surface area contributed by atoms with Gasteiger partial charge in [0, 0.05) is 17.6 Å². The van der Waals surface area contributed by atoms with Gasteiger partial charge in [-0.05, 0) is 24.3 Å². The Hall–Kier alpha value is -3.39. The van der Waals surface area contributed by atoms with Crippen LogP contribution < -0.4 is 16.0 Å². The van der Waals surface area contributed by atoms with Crippen molar-refractivity contribution < 1.29 is 4.79 Å². The highest BCUT2D eigenvalue weighted by Crippen LogP contribution is 2.26. The second-order valence-corrected chi connectivity index (χ2v) is 5.31. The summed E-state index contributed by atoms with van der Waals surface area (Å²) in [6.07, 6.45) is 5.98. The van der Waals surface area contributed by atoms with Crippen molar-refractivity contribution in [3.63, 3.8) is 0 Å². The van der Waals surface area contributed by atoms with E-state index in [0.29, 0.717) is 28.2 Å². The second kappa shape index (κ2) is 7.45. The molecule has 0 aliphatic heterocycles. The summed E-state index contributed by atoms with van der Waals surface area (Å²) in [5.41, 5.74) is 2.05. The van der Waals surface area contributed by atoms with Crippen molar-refractivity contribution >= 4 is 46.3 Å². The zero-order chi connectivity index (χ0) is 17.6. The molecule has 0 aliphatic carbocycles. The summed E-state index contributed by atoms with van der Waals surface area (Å²) < 4.78 is 0. The van der Waals surface area contributed by atoms with Gasteiger partial charge in [0.2, 0.25) is 11.9 Å². The minimum absolute atomic E-state index is 0.288. The molecule has 0 atom stereocenters. The van der Waals surface area contributed by atoms with Gasteiger partial charge in [-0.2, -0.15) is 10.1 Å². The lowest BCUT2D eigenvalue weighted by Crippen LogP contribution is -2.07. The number of anilines is 5. The summed E-state index contributed by atoms with van der Waals surface area (Å²) >= 11 is 6.16. The highest BCUT2D eigenvalue weighted by atomic mass is 35.5. The molecule has 126 valence electrons. The molecule has 3 aromatic rings. The van der Waals surface area contributed by atoms with Gasteiger partial charge in [-0.15, -0.1) is 0 Å². The summed E-state index contributed by atoms with van der Waals surface area (Å²) in [5.74, 6) is 0.503. The van der Waals surface area contributed by atoms with Crippen molar-refractivity contribution in [1.29, 1.82) is 0 Å². The number of aromatic nitrogens is 4. The van der Waals surface area contributed by atoms with Crippen LogP contribution in [0.2, 0.25) is 5.02 Å². The Kier molecular flexibility index (Phi) is 4.91. The molecule has 4 N–H and O–H groups in total. The molecule has 0 fully saturated rings. The highest BCUT2D eigenvalue weighted by molar-refractivity contribution is 6.32. The molecule has 1 amide bonds. The van der Waals surface area contributed by atoms with Crippen molar-refractivity contribution in [3.8, 4) is 0 Å². The Labute approximate surface area is 148 Å². The van der Waals surface area contributed by atoms with Crippen LogP contribution in [0.4, 0.5) is 28.8 Å². The second-order valence-electron chi connectivity index (χ2n) is 4.90. The maximum atomic E-state index is 11.4. The Morgan fingerprint density at radius 1 is 1.20 bits per heavy atom. The first-order valence-electron chi connectivity index (χ1n) is 7.23. The summed E-state index contributed by atoms with van der Waals surface area (Å²) in [4.78, 5) is 19.9. The SMILES string of the molecule is C=CC(=O)Nc1cccc(Nc2nc(Nc3cn[nH]c3)ncc2Cl)c1. The molecule has 0 bridgehead atoms. The smallest absolute Gasteiger partial charge is 0.247 e. The quantitative estimate of drug-likeness (QED) is 0.504. The van der Waals surface area contributed by atoms with E-state index < -0.39 is 0 Å². The van der Waals surface area contributed by atoms with Gasteiger partial charge in [0.05, 0.1) is 18.1 Å². The van der Waals surface area contributed by atoms with Crippen molar-refractivity contribution in [2.45, 2.75) is 0 Å². The molecular formula is C16H14ClN7O. The van der Waals surface area contributed by atoms with Gasteiger partial charge in [-0.3, -0.25) is 9.89 Å². The van der Waals surface area contributed by atoms with Crippen molar-refractivity contribution in [3.05, 3.63) is 60.5 Å². The van der Waals surface area contributed by atoms with Gasteiger partial charge in [0.15, 0.2) is 5.82 Å². The topological polar surface area (TPSA) is 108 Å². The number of halogens is 1. The number of nitrogens with zero attached hydrogens (tertiary/aromatic N) is 3. The Morgan fingerprint density at radius 3 is 2.80 bits per heavy atom. The number of H-pyrrole nitrogens is 1. The first-order valence-corrected chi connectivity index (χ1v) is 7.60. The third-order valence-electron chi connectivity index (χ3n) is 3.08. The minimum Gasteiger partial charge on any atom is -0.339 e. The molecule has 1 aromatic carbocycles. The maximum absolute atomic E-state index is 11.4. The van der Waals surface area contributed by atoms with Crippen LogP contribution in [-0.2, 0) is 4.79 Å². The van der Waals surface area contributed by atoms with Crippen molar-refractivity contribution in [1.82, 2.24) is 20.2 Å². The molecule has 0 radical (unpaired) electrons. The number of rotatable bonds is 6. The Bertz CT molecular complexity index is 895. The normalized spacial score (nSPS) is 10.1. The van der Waals surface area contributed by atoms with Crippen LogP contribution >= 0.6 is 11.6 Å². The van der Waals surface area contributed by atoms with Crippen LogP contribution in [0.15, 0.2) is 55.5 Å². The summed E-state index contributed by atoms with van der Waals surface area (Å²) in [6.45, 7) is 3.42. The standard InChI is InChI=1S/C16H14ClN7O/c1-2-14(25)21-10-4-3-5-11(6-10)22-15-13(17)9-18-16(24-15)23-12-7-19-20-8-12/h2-9H,1H2,(H,19,20)(H,21,25)(H2,18,22,23,24). The lowest BCUT2D eigenvalue weighted by Gasteiger charge is -2.10. The number of benzene rings is 1. The minimum atomic E-state index is -0.288. The average Bonchev–Trinajstić information content (AvgIpc) is 3.11. The molecule has 0 saturated carbocycles. The van der Waals surface area contributed by atoms with Crippen LogP contribution in [0.25, 0.3) is 0 Å². The average molecular weight is 356 g/mol. The number of hydrogen-bond acceptors (Lipinski definition) is 6. The summed E-state index contributed by atoms with van der Waals surface area (Å²) in [7, 11) is 0. The number of nitrogens with one attached hydrogen (secondary N) is 4. The van der Waals surface area contributed by atoms with E-state index in [0.717, 1.165) is 5.69 Å². The molecule has 2 heterocycles. The monoisotopic (exact) mass is 355 g/mol. The number of aromatic amines is 1. The van der Waals surface area contributed by atoms with Crippen molar-refractivity contribution in [2.24, 2.45) is 0 Å². The molecule has 0 saturated heterocycles. The van der Waals surface area contributed by atoms with Gasteiger partial charge in [-0.25, -0.2) is 4.98 Å². The predicted molar refractivity (Wildman–Crippen MR) is 97.5 cm³/mol. The third-order valence-corrected chi connectivity index (χ3v) is 3.35. The number of carbonyl (C=O) groups excluding carboxylic acids is 1. The van der Waals surface area contributed by atoms with E-state index in [9.17, 15) is 4.79 Å². The van der Waals surface area contributed by atoms with E-state index >= 15 is 0 Å². The van der Waals surface area contributed by atoms with E-state index in [1.165, 1.54) is 12.3 Å². The van der Waals surface area contributed by atoms with Crippen LogP contribution in [-0.4, -0.2) is 26.1 Å². The number of amides is 1. The fourth-order valence-corrected chi connectivity index (χ4v) is 2.11. The van der Waals surface area contributed by atoms with Gasteiger partial charge >= 0.3 is 0 Å². The fourth-order valence-electron chi connectivity index (χ4n) is 1.97. The van der Waals surface area contributed by atoms with Crippen LogP contribution in [0.3, 0.4) is 0 Å². The largest absolute Gasteiger partial charge is 0.339 e. The Morgan fingerprint density at radius 2 is 2.04 bits per heavy atom. The third kappa shape index (κ3) is 4.33. The fraction of sp³-hybridized carbons (Fsp3) is 0. The van der Waals surface area contributed by atoms with Crippen LogP contribution in [0, 0.1) is 0 Å². The van der Waals surface area contributed by atoms with Gasteiger partial charge in [-0.1, -0.05) is 24.2 Å². The molecule has 25 heavy (non-hydrogen) atoms. The molecule has 2 aromatic heterocycles.